The molecule has 1 aromatic rings. The van der Waals surface area contributed by atoms with Gasteiger partial charge in [0, 0.05) is 78.4 Å². The van der Waals surface area contributed by atoms with Gasteiger partial charge in [0.25, 0.3) is 24.3 Å². The van der Waals surface area contributed by atoms with E-state index in [1.165, 1.54) is 26.0 Å². The van der Waals surface area contributed by atoms with Crippen LogP contribution in [0.2, 0.25) is 0 Å². The van der Waals surface area contributed by atoms with Crippen LogP contribution in [0.4, 0.5) is 0 Å². The second-order valence-electron chi connectivity index (χ2n) is 6.09. The molecule has 0 atom stereocenters. The Balaban J connectivity index is 0.00000480. The molecule has 32 heavy (non-hydrogen) atoms. The maximum Gasteiger partial charge on any atom is 0.298 e. The molecular formula is C17H20Na2O11S2. The number of aliphatic hydroxyl groups is 1. The zero-order valence-corrected chi connectivity index (χ0v) is 23.5. The van der Waals surface area contributed by atoms with Gasteiger partial charge in [0.1, 0.15) is 11.5 Å². The van der Waals surface area contributed by atoms with Gasteiger partial charge in [0.2, 0.25) is 5.79 Å². The molecule has 0 spiro atoms. The van der Waals surface area contributed by atoms with Crippen molar-refractivity contribution in [3.05, 3.63) is 53.3 Å². The fourth-order valence-corrected chi connectivity index (χ4v) is 5.78. The maximum atomic E-state index is 12.8. The number of Topliss-reactive ketones (excluding diaryl/α,β-unsaturated/α-hetero) is 1. The van der Waals surface area contributed by atoms with E-state index in [-0.39, 0.29) is 78.4 Å². The largest absolute Gasteiger partial charge is 0.507 e. The molecule has 2 rings (SSSR count). The zero-order chi connectivity index (χ0) is 23.0. The summed E-state index contributed by atoms with van der Waals surface area (Å²) in [6.45, 7) is 1.90. The number of hydrogen-bond donors (Lipinski definition) is 4. The van der Waals surface area contributed by atoms with Crippen molar-refractivity contribution in [2.75, 3.05) is 13.2 Å². The minimum atomic E-state index is -5.81. The number of para-hydroxylation sites is 1. The Morgan fingerprint density at radius 2 is 1.38 bits per heavy atom. The Morgan fingerprint density at radius 3 is 1.78 bits per heavy atom. The topological polar surface area (TPSA) is 185 Å². The van der Waals surface area contributed by atoms with E-state index in [1.807, 2.05) is 0 Å². The summed E-state index contributed by atoms with van der Waals surface area (Å²) in [5.41, 5.74) is -1.36. The quantitative estimate of drug-likeness (QED) is 0.165. The van der Waals surface area contributed by atoms with E-state index in [4.69, 9.17) is 9.47 Å². The molecule has 0 aliphatic heterocycles. The number of benzene rings is 1. The first-order chi connectivity index (χ1) is 13.8. The van der Waals surface area contributed by atoms with Gasteiger partial charge in [-0.05, 0) is 32.1 Å². The third kappa shape index (κ3) is 5.34. The van der Waals surface area contributed by atoms with E-state index in [0.29, 0.717) is 6.08 Å². The van der Waals surface area contributed by atoms with Gasteiger partial charge in [-0.2, -0.15) is 16.8 Å². The van der Waals surface area contributed by atoms with Crippen LogP contribution in [0.5, 0.6) is 5.75 Å². The van der Waals surface area contributed by atoms with Crippen LogP contribution in [0.1, 0.15) is 24.2 Å². The molecule has 0 fully saturated rings. The maximum absolute atomic E-state index is 12.8. The number of ether oxygens (including phenoxy) is 2. The molecule has 0 saturated carbocycles. The van der Waals surface area contributed by atoms with Crippen LogP contribution in [0, 0.1) is 0 Å². The SMILES string of the molecule is CCOC1(OCC)C=C(O)C(C(=O)c2ccccc2O)=CC1(S(=O)(=O)O)S(=O)(=O)O.[Na].[Na]. The van der Waals surface area contributed by atoms with Gasteiger partial charge >= 0.3 is 0 Å². The van der Waals surface area contributed by atoms with Crippen LogP contribution in [0.15, 0.2) is 47.7 Å². The van der Waals surface area contributed by atoms with Crippen molar-refractivity contribution in [2.24, 2.45) is 0 Å². The first-order valence-corrected chi connectivity index (χ1v) is 11.4. The van der Waals surface area contributed by atoms with Crippen LogP contribution in [-0.2, 0) is 29.7 Å². The summed E-state index contributed by atoms with van der Waals surface area (Å²) in [6.07, 6.45) is 0.585. The molecule has 0 heterocycles. The Morgan fingerprint density at radius 1 is 0.906 bits per heavy atom. The van der Waals surface area contributed by atoms with Crippen molar-refractivity contribution < 1.29 is 50.4 Å². The Labute approximate surface area is 229 Å². The summed E-state index contributed by atoms with van der Waals surface area (Å²) in [5.74, 6) is -5.65. The van der Waals surface area contributed by atoms with Gasteiger partial charge in [0.05, 0.1) is 11.1 Å². The number of phenols is 1. The molecule has 15 heteroatoms. The molecule has 1 aromatic carbocycles. The molecule has 0 aromatic heterocycles. The molecule has 0 saturated heterocycles. The van der Waals surface area contributed by atoms with E-state index in [9.17, 15) is 40.9 Å². The van der Waals surface area contributed by atoms with Crippen LogP contribution < -0.4 is 0 Å². The summed E-state index contributed by atoms with van der Waals surface area (Å²) in [5, 5.41) is 20.3. The molecule has 0 amide bonds. The summed E-state index contributed by atoms with van der Waals surface area (Å²) in [6, 6.07) is 4.98. The first-order valence-electron chi connectivity index (χ1n) is 8.47. The standard InChI is InChI=1S/C17H20O11S2.2Na/c1-3-27-16(28-4-2)10-14(19)12(15(20)11-7-5-6-8-13(11)18)9-17(16,29(21,22)23)30(24,25)26;;/h5-10,18-19H,3-4H2,1-2H3,(H,21,22,23)(H,24,25,26);;. The van der Waals surface area contributed by atoms with Gasteiger partial charge in [-0.3, -0.25) is 13.9 Å². The predicted molar refractivity (Wildman–Crippen MR) is 115 cm³/mol. The van der Waals surface area contributed by atoms with Crippen molar-refractivity contribution in [2.45, 2.75) is 23.7 Å². The van der Waals surface area contributed by atoms with E-state index in [1.54, 1.807) is 0 Å². The number of phenolic OH excluding ortho intramolecular Hbond substituents is 1. The molecule has 2 radical (unpaired) electrons. The Kier molecular flexibility index (Phi) is 11.3. The van der Waals surface area contributed by atoms with Crippen molar-refractivity contribution in [3.8, 4) is 5.75 Å². The minimum Gasteiger partial charge on any atom is -0.507 e. The van der Waals surface area contributed by atoms with E-state index in [2.05, 4.69) is 0 Å². The summed E-state index contributed by atoms with van der Waals surface area (Å²) in [4.78, 5) is 12.8. The fraction of sp³-hybridized carbons (Fsp3) is 0.353. The van der Waals surface area contributed by atoms with Crippen LogP contribution in [0.3, 0.4) is 0 Å². The van der Waals surface area contributed by atoms with Crippen LogP contribution in [0.25, 0.3) is 0 Å². The summed E-state index contributed by atoms with van der Waals surface area (Å²) in [7, 11) is -11.6. The molecule has 4 N–H and O–H groups in total. The molecular weight excluding hydrogens is 490 g/mol. The van der Waals surface area contributed by atoms with E-state index in [0.717, 1.165) is 12.1 Å². The first kappa shape index (κ1) is 31.7. The van der Waals surface area contributed by atoms with Gasteiger partial charge in [0.15, 0.2) is 5.78 Å². The second kappa shape index (κ2) is 11.4. The Hall–Kier alpha value is -0.290. The number of ketones is 1. The van der Waals surface area contributed by atoms with Crippen LogP contribution >= 0.6 is 0 Å². The van der Waals surface area contributed by atoms with Crippen LogP contribution in [-0.4, -0.2) is 124 Å². The number of carbonyl (C=O) groups excluding carboxylic acids is 1. The van der Waals surface area contributed by atoms with Gasteiger partial charge in [-0.25, -0.2) is 0 Å². The predicted octanol–water partition coefficient (Wildman–Crippen LogP) is 0.436. The minimum absolute atomic E-state index is 0. The number of carbonyl (C=O) groups is 1. The third-order valence-electron chi connectivity index (χ3n) is 4.30. The number of aliphatic hydroxyl groups excluding tert-OH is 1. The van der Waals surface area contributed by atoms with Gasteiger partial charge in [-0.15, -0.1) is 0 Å². The smallest absolute Gasteiger partial charge is 0.298 e. The molecule has 1 aliphatic rings. The van der Waals surface area contributed by atoms with Crippen molar-refractivity contribution in [3.63, 3.8) is 0 Å². The third-order valence-corrected chi connectivity index (χ3v) is 7.90. The Bertz CT molecular complexity index is 1090. The van der Waals surface area contributed by atoms with Crippen molar-refractivity contribution in [1.29, 1.82) is 0 Å². The average Bonchev–Trinajstić information content (AvgIpc) is 2.60. The van der Waals surface area contributed by atoms with Gasteiger partial charge < -0.3 is 19.7 Å². The number of hydrogen-bond acceptors (Lipinski definition) is 9. The average molecular weight is 510 g/mol. The number of aromatic hydroxyl groups is 1. The van der Waals surface area contributed by atoms with Gasteiger partial charge in [-0.1, -0.05) is 12.1 Å². The number of allylic oxidation sites excluding steroid dienone is 1. The molecule has 11 nitrogen and oxygen atoms in total. The van der Waals surface area contributed by atoms with E-state index < -0.39 is 58.5 Å². The molecule has 168 valence electrons. The summed E-state index contributed by atoms with van der Waals surface area (Å²) < 4.78 is 75.7. The van der Waals surface area contributed by atoms with E-state index >= 15 is 0 Å². The molecule has 0 unspecified atom stereocenters. The zero-order valence-electron chi connectivity index (χ0n) is 17.8. The molecule has 1 aliphatic carbocycles. The molecule has 0 bridgehead atoms. The summed E-state index contributed by atoms with van der Waals surface area (Å²) >= 11 is 0. The second-order valence-corrected chi connectivity index (χ2v) is 9.53. The number of rotatable bonds is 8. The van der Waals surface area contributed by atoms with Crippen molar-refractivity contribution in [1.82, 2.24) is 0 Å². The fourth-order valence-electron chi connectivity index (χ4n) is 3.11. The monoisotopic (exact) mass is 510 g/mol. The van der Waals surface area contributed by atoms with Crippen molar-refractivity contribution >= 4 is 85.1 Å². The normalized spacial score (nSPS) is 17.2.